The van der Waals surface area contributed by atoms with E-state index in [1.54, 1.807) is 23.1 Å². The molecule has 0 spiro atoms. The van der Waals surface area contributed by atoms with Crippen LogP contribution in [-0.2, 0) is 16.2 Å². The van der Waals surface area contributed by atoms with Gasteiger partial charge in [-0.3, -0.25) is 14.5 Å². The van der Waals surface area contributed by atoms with Crippen LogP contribution in [0.2, 0.25) is 0 Å². The van der Waals surface area contributed by atoms with E-state index in [1.807, 2.05) is 42.5 Å². The molecule has 1 atom stereocenters. The molecule has 1 heterocycles. The molecule has 5 heteroatoms. The lowest BCUT2D eigenvalue weighted by atomic mass is 9.77. The van der Waals surface area contributed by atoms with Crippen molar-refractivity contribution in [2.75, 3.05) is 4.90 Å². The molecular formula is C30H26N2O3. The van der Waals surface area contributed by atoms with Gasteiger partial charge in [-0.15, -0.1) is 0 Å². The third kappa shape index (κ3) is 4.48. The molecule has 1 aliphatic heterocycles. The normalized spacial score (nSPS) is 17.7. The number of hydrogen-bond donors (Lipinski definition) is 0. The first-order valence-electron chi connectivity index (χ1n) is 11.9. The van der Waals surface area contributed by atoms with Gasteiger partial charge in [-0.2, -0.15) is 5.26 Å². The van der Waals surface area contributed by atoms with Gasteiger partial charge in [-0.1, -0.05) is 54.1 Å². The summed E-state index contributed by atoms with van der Waals surface area (Å²) < 4.78 is 5.95. The monoisotopic (exact) mass is 462 g/mol. The van der Waals surface area contributed by atoms with Crippen LogP contribution in [-0.4, -0.2) is 11.7 Å². The van der Waals surface area contributed by atoms with Gasteiger partial charge in [0.15, 0.2) is 5.78 Å². The standard InChI is InChI=1S/C30H26N2O3/c1-20-6-4-7-21(16-20)19-35-24-14-12-22(13-15-24)25-17-29(34)32(26-9-3-2-8-23(26)18-31)27-10-5-11-28(33)30(25)27/h2-4,6-9,12-16,25H,5,10-11,17,19H2,1H3. The largest absolute Gasteiger partial charge is 0.489 e. The van der Waals surface area contributed by atoms with Crippen LogP contribution >= 0.6 is 0 Å². The Balaban J connectivity index is 1.45. The second kappa shape index (κ2) is 9.60. The van der Waals surface area contributed by atoms with Gasteiger partial charge in [0.25, 0.3) is 0 Å². The maximum absolute atomic E-state index is 13.4. The fourth-order valence-electron chi connectivity index (χ4n) is 5.09. The maximum Gasteiger partial charge on any atom is 0.232 e. The van der Waals surface area contributed by atoms with E-state index in [0.717, 1.165) is 22.6 Å². The van der Waals surface area contributed by atoms with Gasteiger partial charge in [0, 0.05) is 30.0 Å². The summed E-state index contributed by atoms with van der Waals surface area (Å²) >= 11 is 0. The Labute approximate surface area is 205 Å². The van der Waals surface area contributed by atoms with Gasteiger partial charge in [-0.05, 0) is 55.2 Å². The molecule has 0 aromatic heterocycles. The summed E-state index contributed by atoms with van der Waals surface area (Å²) in [6, 6.07) is 25.2. The van der Waals surface area contributed by atoms with Gasteiger partial charge in [0.2, 0.25) is 5.91 Å². The highest BCUT2D eigenvalue weighted by atomic mass is 16.5. The number of rotatable bonds is 5. The van der Waals surface area contributed by atoms with E-state index in [9.17, 15) is 14.9 Å². The number of allylic oxidation sites excluding steroid dienone is 2. The number of benzene rings is 3. The van der Waals surface area contributed by atoms with E-state index in [0.29, 0.717) is 42.7 Å². The number of ketones is 1. The van der Waals surface area contributed by atoms with Gasteiger partial charge in [0.1, 0.15) is 18.4 Å². The van der Waals surface area contributed by atoms with E-state index in [1.165, 1.54) is 5.56 Å². The molecule has 0 N–H and O–H groups in total. The van der Waals surface area contributed by atoms with Crippen LogP contribution in [0, 0.1) is 18.3 Å². The summed E-state index contributed by atoms with van der Waals surface area (Å²) in [6.07, 6.45) is 2.01. The number of carbonyl (C=O) groups excluding carboxylic acids is 2. The van der Waals surface area contributed by atoms with E-state index in [-0.39, 0.29) is 24.0 Å². The minimum absolute atomic E-state index is 0.0861. The summed E-state index contributed by atoms with van der Waals surface area (Å²) in [7, 11) is 0. The van der Waals surface area contributed by atoms with Crippen molar-refractivity contribution < 1.29 is 14.3 Å². The van der Waals surface area contributed by atoms with Gasteiger partial charge in [-0.25, -0.2) is 0 Å². The summed E-state index contributed by atoms with van der Waals surface area (Å²) in [6.45, 7) is 2.53. The topological polar surface area (TPSA) is 70.4 Å². The summed E-state index contributed by atoms with van der Waals surface area (Å²) in [5.74, 6) is 0.446. The molecule has 0 bridgehead atoms. The average molecular weight is 463 g/mol. The van der Waals surface area contributed by atoms with Crippen LogP contribution < -0.4 is 9.64 Å². The average Bonchev–Trinajstić information content (AvgIpc) is 2.87. The van der Waals surface area contributed by atoms with E-state index in [2.05, 4.69) is 25.1 Å². The predicted molar refractivity (Wildman–Crippen MR) is 134 cm³/mol. The number of nitriles is 1. The Bertz CT molecular complexity index is 1360. The van der Waals surface area contributed by atoms with Crippen molar-refractivity contribution >= 4 is 17.4 Å². The van der Waals surface area contributed by atoms with Crippen LogP contribution in [0.25, 0.3) is 0 Å². The van der Waals surface area contributed by atoms with Crippen molar-refractivity contribution in [1.29, 1.82) is 5.26 Å². The molecule has 0 saturated carbocycles. The number of Topliss-reactive ketones (excluding diaryl/α,β-unsaturated/α-hetero) is 1. The number of ether oxygens (including phenoxy) is 1. The second-order valence-electron chi connectivity index (χ2n) is 9.10. The summed E-state index contributed by atoms with van der Waals surface area (Å²) in [5, 5.41) is 9.59. The van der Waals surface area contributed by atoms with Crippen LogP contribution in [0.4, 0.5) is 5.69 Å². The Hall–Kier alpha value is -4.17. The fraction of sp³-hybridized carbons (Fsp3) is 0.233. The molecule has 0 fully saturated rings. The van der Waals surface area contributed by atoms with Crippen LogP contribution in [0.1, 0.15) is 53.9 Å². The zero-order valence-corrected chi connectivity index (χ0v) is 19.7. The number of amides is 1. The lowest BCUT2D eigenvalue weighted by Gasteiger charge is -2.38. The molecule has 3 aromatic rings. The number of nitrogens with zero attached hydrogens (tertiary/aromatic N) is 2. The second-order valence-corrected chi connectivity index (χ2v) is 9.10. The smallest absolute Gasteiger partial charge is 0.232 e. The summed E-state index contributed by atoms with van der Waals surface area (Å²) in [4.78, 5) is 28.1. The van der Waals surface area contributed by atoms with E-state index < -0.39 is 0 Å². The molecule has 0 saturated heterocycles. The van der Waals surface area contributed by atoms with Gasteiger partial charge >= 0.3 is 0 Å². The molecule has 1 unspecified atom stereocenters. The van der Waals surface area contributed by atoms with Crippen molar-refractivity contribution in [3.63, 3.8) is 0 Å². The third-order valence-electron chi connectivity index (χ3n) is 6.71. The van der Waals surface area contributed by atoms with Crippen LogP contribution in [0.3, 0.4) is 0 Å². The highest BCUT2D eigenvalue weighted by molar-refractivity contribution is 6.08. The van der Waals surface area contributed by atoms with Gasteiger partial charge in [0.05, 0.1) is 11.3 Å². The number of carbonyl (C=O) groups is 2. The first-order valence-corrected chi connectivity index (χ1v) is 11.9. The zero-order valence-electron chi connectivity index (χ0n) is 19.7. The Morgan fingerprint density at radius 1 is 1.00 bits per heavy atom. The molecular weight excluding hydrogens is 436 g/mol. The lowest BCUT2D eigenvalue weighted by Crippen LogP contribution is -2.40. The third-order valence-corrected chi connectivity index (χ3v) is 6.71. The molecule has 174 valence electrons. The minimum atomic E-state index is -0.290. The predicted octanol–water partition coefficient (Wildman–Crippen LogP) is 5.97. The quantitative estimate of drug-likeness (QED) is 0.468. The Morgan fingerprint density at radius 3 is 2.57 bits per heavy atom. The van der Waals surface area contributed by atoms with Crippen molar-refractivity contribution in [2.24, 2.45) is 0 Å². The number of anilines is 1. The van der Waals surface area contributed by atoms with Crippen LogP contribution in [0.5, 0.6) is 5.75 Å². The Kier molecular flexibility index (Phi) is 6.20. The molecule has 3 aromatic carbocycles. The highest BCUT2D eigenvalue weighted by Gasteiger charge is 2.40. The first-order chi connectivity index (χ1) is 17.0. The van der Waals surface area contributed by atoms with Gasteiger partial charge < -0.3 is 4.74 Å². The molecule has 35 heavy (non-hydrogen) atoms. The van der Waals surface area contributed by atoms with Crippen molar-refractivity contribution in [3.05, 3.63) is 106 Å². The Morgan fingerprint density at radius 2 is 1.80 bits per heavy atom. The van der Waals surface area contributed by atoms with Crippen molar-refractivity contribution in [3.8, 4) is 11.8 Å². The molecule has 1 aliphatic carbocycles. The molecule has 5 rings (SSSR count). The lowest BCUT2D eigenvalue weighted by molar-refractivity contribution is -0.119. The summed E-state index contributed by atoms with van der Waals surface area (Å²) in [5.41, 5.74) is 5.66. The molecule has 1 amide bonds. The molecule has 0 radical (unpaired) electrons. The fourth-order valence-corrected chi connectivity index (χ4v) is 5.09. The molecule has 2 aliphatic rings. The van der Waals surface area contributed by atoms with Crippen molar-refractivity contribution in [1.82, 2.24) is 0 Å². The van der Waals surface area contributed by atoms with Crippen LogP contribution in [0.15, 0.2) is 84.1 Å². The number of hydrogen-bond acceptors (Lipinski definition) is 4. The zero-order chi connectivity index (χ0) is 24.4. The maximum atomic E-state index is 13.4. The van der Waals surface area contributed by atoms with E-state index in [4.69, 9.17) is 4.74 Å². The SMILES string of the molecule is Cc1cccc(COc2ccc(C3CC(=O)N(c4ccccc4C#N)C4=C3C(=O)CCC4)cc2)c1. The number of aryl methyl sites for hydroxylation is 1. The van der Waals surface area contributed by atoms with Crippen molar-refractivity contribution in [2.45, 2.75) is 45.1 Å². The number of para-hydroxylation sites is 1. The van der Waals surface area contributed by atoms with E-state index >= 15 is 0 Å². The molecule has 5 nitrogen and oxygen atoms in total. The first kappa shape index (κ1) is 22.6. The minimum Gasteiger partial charge on any atom is -0.489 e. The highest BCUT2D eigenvalue weighted by Crippen LogP contribution is 2.44.